The van der Waals surface area contributed by atoms with Gasteiger partial charge < -0.3 is 20.1 Å². The van der Waals surface area contributed by atoms with Gasteiger partial charge >= 0.3 is 0 Å². The fraction of sp³-hybridized carbons (Fsp3) is 0.174. The number of amides is 1. The number of benzene rings is 3. The number of rotatable bonds is 9. The van der Waals surface area contributed by atoms with Crippen molar-refractivity contribution in [3.63, 3.8) is 0 Å². The number of carbonyl (C=O) groups is 1. The Morgan fingerprint density at radius 2 is 1.67 bits per heavy atom. The van der Waals surface area contributed by atoms with Crippen molar-refractivity contribution in [1.29, 1.82) is 0 Å². The van der Waals surface area contributed by atoms with Crippen LogP contribution in [0, 0.1) is 5.82 Å². The van der Waals surface area contributed by atoms with Crippen molar-refractivity contribution in [2.45, 2.75) is 13.5 Å². The summed E-state index contributed by atoms with van der Waals surface area (Å²) in [4.78, 5) is 12.0. The van der Waals surface area contributed by atoms with E-state index in [1.165, 1.54) is 24.3 Å². The average Bonchev–Trinajstić information content (AvgIpc) is 2.74. The highest BCUT2D eigenvalue weighted by atomic mass is 79.9. The van der Waals surface area contributed by atoms with Gasteiger partial charge in [-0.25, -0.2) is 4.39 Å². The van der Waals surface area contributed by atoms with Crippen molar-refractivity contribution in [1.82, 2.24) is 0 Å². The lowest BCUT2D eigenvalue weighted by Crippen LogP contribution is -2.20. The molecular formula is C23H22BrFN2O3. The van der Waals surface area contributed by atoms with Crippen LogP contribution in [-0.2, 0) is 11.3 Å². The summed E-state index contributed by atoms with van der Waals surface area (Å²) in [5, 5.41) is 6.01. The Labute approximate surface area is 183 Å². The maximum Gasteiger partial charge on any atom is 0.262 e. The van der Waals surface area contributed by atoms with Gasteiger partial charge in [-0.2, -0.15) is 0 Å². The molecule has 0 unspecified atom stereocenters. The van der Waals surface area contributed by atoms with E-state index in [0.717, 1.165) is 21.5 Å². The zero-order valence-corrected chi connectivity index (χ0v) is 18.0. The maximum absolute atomic E-state index is 12.9. The normalized spacial score (nSPS) is 10.4. The van der Waals surface area contributed by atoms with Gasteiger partial charge in [0.15, 0.2) is 6.61 Å². The molecule has 3 rings (SSSR count). The molecule has 0 aliphatic rings. The minimum absolute atomic E-state index is 0.153. The second kappa shape index (κ2) is 10.6. The molecule has 0 aliphatic heterocycles. The highest BCUT2D eigenvalue weighted by molar-refractivity contribution is 9.10. The Morgan fingerprint density at radius 3 is 2.33 bits per heavy atom. The van der Waals surface area contributed by atoms with Gasteiger partial charge in [-0.3, -0.25) is 4.79 Å². The van der Waals surface area contributed by atoms with E-state index < -0.39 is 0 Å². The van der Waals surface area contributed by atoms with E-state index >= 15 is 0 Å². The molecule has 0 saturated heterocycles. The van der Waals surface area contributed by atoms with Gasteiger partial charge in [-0.05, 0) is 89.1 Å². The monoisotopic (exact) mass is 472 g/mol. The third-order valence-electron chi connectivity index (χ3n) is 4.14. The van der Waals surface area contributed by atoms with Crippen LogP contribution < -0.4 is 20.1 Å². The molecule has 7 heteroatoms. The SMILES string of the molecule is CCOc1ccc(NCc2ccc(OCC(=O)Nc3ccc(F)cc3)c(Br)c2)cc1. The third-order valence-corrected chi connectivity index (χ3v) is 4.76. The number of hydrogen-bond acceptors (Lipinski definition) is 4. The molecule has 0 radical (unpaired) electrons. The summed E-state index contributed by atoms with van der Waals surface area (Å²) in [6.45, 7) is 3.08. The van der Waals surface area contributed by atoms with Crippen LogP contribution in [0.4, 0.5) is 15.8 Å². The van der Waals surface area contributed by atoms with Crippen molar-refractivity contribution in [2.75, 3.05) is 23.8 Å². The van der Waals surface area contributed by atoms with E-state index in [0.29, 0.717) is 24.6 Å². The van der Waals surface area contributed by atoms with Crippen LogP contribution in [0.25, 0.3) is 0 Å². The zero-order chi connectivity index (χ0) is 21.3. The predicted molar refractivity (Wildman–Crippen MR) is 120 cm³/mol. The molecule has 0 aliphatic carbocycles. The van der Waals surface area contributed by atoms with Gasteiger partial charge in [0, 0.05) is 17.9 Å². The Kier molecular flexibility index (Phi) is 7.68. The largest absolute Gasteiger partial charge is 0.494 e. The highest BCUT2D eigenvalue weighted by Crippen LogP contribution is 2.26. The molecule has 0 saturated carbocycles. The molecule has 0 aromatic heterocycles. The quantitative estimate of drug-likeness (QED) is 0.424. The molecule has 5 nitrogen and oxygen atoms in total. The summed E-state index contributed by atoms with van der Waals surface area (Å²) in [5.74, 6) is 0.727. The minimum atomic E-state index is -0.356. The highest BCUT2D eigenvalue weighted by Gasteiger charge is 2.08. The van der Waals surface area contributed by atoms with E-state index in [1.807, 2.05) is 49.4 Å². The van der Waals surface area contributed by atoms with Gasteiger partial charge in [-0.15, -0.1) is 0 Å². The first-order valence-corrected chi connectivity index (χ1v) is 10.3. The van der Waals surface area contributed by atoms with Crippen LogP contribution in [0.15, 0.2) is 71.2 Å². The van der Waals surface area contributed by atoms with Crippen LogP contribution in [0.2, 0.25) is 0 Å². The Balaban J connectivity index is 1.49. The van der Waals surface area contributed by atoms with Crippen LogP contribution in [-0.4, -0.2) is 19.1 Å². The molecule has 0 fully saturated rings. The first-order valence-electron chi connectivity index (χ1n) is 9.47. The maximum atomic E-state index is 12.9. The summed E-state index contributed by atoms with van der Waals surface area (Å²) >= 11 is 3.48. The average molecular weight is 473 g/mol. The Hall–Kier alpha value is -3.06. The van der Waals surface area contributed by atoms with Crippen molar-refractivity contribution in [2.24, 2.45) is 0 Å². The fourth-order valence-electron chi connectivity index (χ4n) is 2.68. The third kappa shape index (κ3) is 6.49. The number of hydrogen-bond donors (Lipinski definition) is 2. The van der Waals surface area contributed by atoms with E-state index in [2.05, 4.69) is 26.6 Å². The molecule has 1 amide bonds. The van der Waals surface area contributed by atoms with Crippen molar-refractivity contribution < 1.29 is 18.7 Å². The molecule has 0 heterocycles. The first-order chi connectivity index (χ1) is 14.5. The van der Waals surface area contributed by atoms with E-state index in [-0.39, 0.29) is 18.3 Å². The standard InChI is InChI=1S/C23H22BrFN2O3/c1-2-29-20-10-8-18(9-11-20)26-14-16-3-12-22(21(24)13-16)30-15-23(28)27-19-6-4-17(25)5-7-19/h3-13,26H,2,14-15H2,1H3,(H,27,28). The smallest absolute Gasteiger partial charge is 0.262 e. The van der Waals surface area contributed by atoms with Gasteiger partial charge in [-0.1, -0.05) is 6.07 Å². The number of carbonyl (C=O) groups excluding carboxylic acids is 1. The van der Waals surface area contributed by atoms with Crippen LogP contribution in [0.3, 0.4) is 0 Å². The number of anilines is 2. The summed E-state index contributed by atoms with van der Waals surface area (Å²) in [5.41, 5.74) is 2.56. The first kappa shape index (κ1) is 21.6. The summed E-state index contributed by atoms with van der Waals surface area (Å²) in [7, 11) is 0. The molecule has 3 aromatic rings. The summed E-state index contributed by atoms with van der Waals surface area (Å²) in [6, 6.07) is 19.0. The van der Waals surface area contributed by atoms with Gasteiger partial charge in [0.2, 0.25) is 0 Å². The second-order valence-corrected chi connectivity index (χ2v) is 7.27. The van der Waals surface area contributed by atoms with E-state index in [1.54, 1.807) is 0 Å². The van der Waals surface area contributed by atoms with Gasteiger partial charge in [0.1, 0.15) is 17.3 Å². The molecular weight excluding hydrogens is 451 g/mol. The van der Waals surface area contributed by atoms with Crippen molar-refractivity contribution >= 4 is 33.2 Å². The molecule has 156 valence electrons. The van der Waals surface area contributed by atoms with E-state index in [9.17, 15) is 9.18 Å². The van der Waals surface area contributed by atoms with Crippen LogP contribution in [0.1, 0.15) is 12.5 Å². The Morgan fingerprint density at radius 1 is 0.967 bits per heavy atom. The second-order valence-electron chi connectivity index (χ2n) is 6.42. The van der Waals surface area contributed by atoms with Gasteiger partial charge in [0.25, 0.3) is 5.91 Å². The van der Waals surface area contributed by atoms with Crippen molar-refractivity contribution in [3.05, 3.63) is 82.6 Å². The molecule has 0 spiro atoms. The van der Waals surface area contributed by atoms with Gasteiger partial charge in [0.05, 0.1) is 11.1 Å². The number of halogens is 2. The number of nitrogens with one attached hydrogen (secondary N) is 2. The molecule has 3 aromatic carbocycles. The number of ether oxygens (including phenoxy) is 2. The predicted octanol–water partition coefficient (Wildman–Crippen LogP) is 5.62. The zero-order valence-electron chi connectivity index (χ0n) is 16.5. The summed E-state index contributed by atoms with van der Waals surface area (Å²) < 4.78 is 24.7. The topological polar surface area (TPSA) is 59.6 Å². The van der Waals surface area contributed by atoms with Crippen LogP contribution >= 0.6 is 15.9 Å². The lowest BCUT2D eigenvalue weighted by atomic mass is 10.2. The molecule has 2 N–H and O–H groups in total. The van der Waals surface area contributed by atoms with Crippen molar-refractivity contribution in [3.8, 4) is 11.5 Å². The Bertz CT molecular complexity index is 979. The molecule has 0 bridgehead atoms. The van der Waals surface area contributed by atoms with E-state index in [4.69, 9.17) is 9.47 Å². The fourth-order valence-corrected chi connectivity index (χ4v) is 3.23. The molecule has 0 atom stereocenters. The minimum Gasteiger partial charge on any atom is -0.494 e. The summed E-state index contributed by atoms with van der Waals surface area (Å²) in [6.07, 6.45) is 0. The molecule has 30 heavy (non-hydrogen) atoms. The lowest BCUT2D eigenvalue weighted by Gasteiger charge is -2.12. The lowest BCUT2D eigenvalue weighted by molar-refractivity contribution is -0.118. The van der Waals surface area contributed by atoms with Crippen LogP contribution in [0.5, 0.6) is 11.5 Å².